The van der Waals surface area contributed by atoms with Crippen molar-refractivity contribution in [1.29, 1.82) is 0 Å². The number of aromatic nitrogens is 2. The van der Waals surface area contributed by atoms with E-state index >= 15 is 0 Å². The summed E-state index contributed by atoms with van der Waals surface area (Å²) in [6, 6.07) is 0. The molecule has 0 amide bonds. The van der Waals surface area contributed by atoms with Crippen LogP contribution in [-0.4, -0.2) is 59.8 Å². The van der Waals surface area contributed by atoms with Crippen molar-refractivity contribution >= 4 is 10.0 Å². The topological polar surface area (TPSA) is 79.5 Å². The zero-order valence-corrected chi connectivity index (χ0v) is 14.5. The van der Waals surface area contributed by atoms with Crippen LogP contribution in [0.3, 0.4) is 0 Å². The lowest BCUT2D eigenvalue weighted by atomic mass is 10.2. The molecule has 8 heteroatoms. The molecule has 0 N–H and O–H groups in total. The second kappa shape index (κ2) is 7.52. The van der Waals surface area contributed by atoms with Crippen molar-refractivity contribution in [3.05, 3.63) is 11.8 Å². The van der Waals surface area contributed by atoms with Gasteiger partial charge in [-0.2, -0.15) is 4.31 Å². The van der Waals surface area contributed by atoms with E-state index in [-0.39, 0.29) is 11.7 Å². The minimum atomic E-state index is -3.09. The van der Waals surface area contributed by atoms with Crippen LogP contribution in [0.5, 0.6) is 0 Å². The molecule has 0 aromatic carbocycles. The summed E-state index contributed by atoms with van der Waals surface area (Å²) in [4.78, 5) is 2.16. The van der Waals surface area contributed by atoms with Crippen molar-refractivity contribution in [2.45, 2.75) is 46.1 Å². The van der Waals surface area contributed by atoms with Crippen LogP contribution in [-0.2, 0) is 16.6 Å². The zero-order chi connectivity index (χ0) is 16.2. The molecule has 0 radical (unpaired) electrons. The molecule has 1 saturated heterocycles. The molecule has 2 rings (SSSR count). The molecule has 0 bridgehead atoms. The van der Waals surface area contributed by atoms with Gasteiger partial charge in [0.05, 0.1) is 12.3 Å². The van der Waals surface area contributed by atoms with Gasteiger partial charge in [-0.3, -0.25) is 4.90 Å². The summed E-state index contributed by atoms with van der Waals surface area (Å²) in [5.41, 5.74) is 0. The summed E-state index contributed by atoms with van der Waals surface area (Å²) in [5, 5.41) is 8.07. The van der Waals surface area contributed by atoms with Gasteiger partial charge in [0.1, 0.15) is 0 Å². The van der Waals surface area contributed by atoms with Gasteiger partial charge in [-0.15, -0.1) is 10.2 Å². The Morgan fingerprint density at radius 2 is 1.86 bits per heavy atom. The SMILES string of the molecule is CCCCS(=O)(=O)N1CCN(Cc2nnc(C(C)C)o2)CC1. The van der Waals surface area contributed by atoms with Crippen LogP contribution in [0.4, 0.5) is 0 Å². The Bertz CT molecular complexity index is 562. The van der Waals surface area contributed by atoms with Gasteiger partial charge in [-0.1, -0.05) is 27.2 Å². The van der Waals surface area contributed by atoms with E-state index in [1.54, 1.807) is 4.31 Å². The van der Waals surface area contributed by atoms with Gasteiger partial charge < -0.3 is 4.42 Å². The third-order valence-electron chi connectivity index (χ3n) is 3.82. The second-order valence-electron chi connectivity index (χ2n) is 6.03. The number of nitrogens with zero attached hydrogens (tertiary/aromatic N) is 4. The zero-order valence-electron chi connectivity index (χ0n) is 13.7. The van der Waals surface area contributed by atoms with Crippen LogP contribution >= 0.6 is 0 Å². The molecule has 1 aromatic rings. The standard InChI is InChI=1S/C14H26N4O3S/c1-4-5-10-22(19,20)18-8-6-17(7-9-18)11-13-15-16-14(21-13)12(2)3/h12H,4-11H2,1-3H3. The van der Waals surface area contributed by atoms with Crippen molar-refractivity contribution in [3.8, 4) is 0 Å². The first-order valence-corrected chi connectivity index (χ1v) is 9.55. The van der Waals surface area contributed by atoms with Gasteiger partial charge in [0, 0.05) is 32.1 Å². The average molecular weight is 330 g/mol. The molecule has 1 aliphatic rings. The molecule has 0 unspecified atom stereocenters. The minimum Gasteiger partial charge on any atom is -0.424 e. The Kier molecular flexibility index (Phi) is 5.94. The van der Waals surface area contributed by atoms with Crippen LogP contribution in [0.25, 0.3) is 0 Å². The maximum atomic E-state index is 12.2. The van der Waals surface area contributed by atoms with E-state index in [1.807, 2.05) is 20.8 Å². The van der Waals surface area contributed by atoms with Crippen molar-refractivity contribution in [2.75, 3.05) is 31.9 Å². The molecule has 1 fully saturated rings. The molecule has 1 aliphatic heterocycles. The number of rotatable bonds is 7. The number of piperazine rings is 1. The van der Waals surface area contributed by atoms with E-state index in [2.05, 4.69) is 15.1 Å². The molecular formula is C14H26N4O3S. The summed E-state index contributed by atoms with van der Waals surface area (Å²) in [6.45, 7) is 9.09. The van der Waals surface area contributed by atoms with Gasteiger partial charge >= 0.3 is 0 Å². The van der Waals surface area contributed by atoms with Gasteiger partial charge in [0.15, 0.2) is 0 Å². The Balaban J connectivity index is 1.84. The quantitative estimate of drug-likeness (QED) is 0.753. The predicted octanol–water partition coefficient (Wildman–Crippen LogP) is 1.44. The number of hydrogen-bond acceptors (Lipinski definition) is 6. The van der Waals surface area contributed by atoms with E-state index in [0.717, 1.165) is 12.8 Å². The van der Waals surface area contributed by atoms with Crippen molar-refractivity contribution in [1.82, 2.24) is 19.4 Å². The maximum Gasteiger partial charge on any atom is 0.230 e. The van der Waals surface area contributed by atoms with Crippen LogP contribution in [0, 0.1) is 0 Å². The second-order valence-corrected chi connectivity index (χ2v) is 8.12. The molecule has 0 spiro atoms. The van der Waals surface area contributed by atoms with E-state index in [1.165, 1.54) is 0 Å². The molecule has 126 valence electrons. The molecular weight excluding hydrogens is 304 g/mol. The first-order valence-electron chi connectivity index (χ1n) is 7.95. The fraction of sp³-hybridized carbons (Fsp3) is 0.857. The summed E-state index contributed by atoms with van der Waals surface area (Å²) in [6.07, 6.45) is 1.62. The highest BCUT2D eigenvalue weighted by molar-refractivity contribution is 7.89. The lowest BCUT2D eigenvalue weighted by Gasteiger charge is -2.33. The van der Waals surface area contributed by atoms with E-state index in [4.69, 9.17) is 4.42 Å². The smallest absolute Gasteiger partial charge is 0.230 e. The number of unbranched alkanes of at least 4 members (excludes halogenated alkanes) is 1. The third-order valence-corrected chi connectivity index (χ3v) is 5.77. The van der Waals surface area contributed by atoms with Gasteiger partial charge in [0.25, 0.3) is 0 Å². The molecule has 0 saturated carbocycles. The van der Waals surface area contributed by atoms with E-state index < -0.39 is 10.0 Å². The molecule has 22 heavy (non-hydrogen) atoms. The van der Waals surface area contributed by atoms with E-state index in [0.29, 0.717) is 44.5 Å². The van der Waals surface area contributed by atoms with Crippen molar-refractivity contribution < 1.29 is 12.8 Å². The Hall–Kier alpha value is -0.990. The third kappa shape index (κ3) is 4.50. The summed E-state index contributed by atoms with van der Waals surface area (Å²) in [5.74, 6) is 1.73. The minimum absolute atomic E-state index is 0.224. The Morgan fingerprint density at radius 1 is 1.18 bits per heavy atom. The summed E-state index contributed by atoms with van der Waals surface area (Å²) in [7, 11) is -3.09. The Morgan fingerprint density at radius 3 is 2.41 bits per heavy atom. The maximum absolute atomic E-state index is 12.2. The lowest BCUT2D eigenvalue weighted by Crippen LogP contribution is -2.48. The molecule has 7 nitrogen and oxygen atoms in total. The van der Waals surface area contributed by atoms with Crippen LogP contribution in [0.1, 0.15) is 51.3 Å². The van der Waals surface area contributed by atoms with Crippen molar-refractivity contribution in [2.24, 2.45) is 0 Å². The molecule has 0 aliphatic carbocycles. The first kappa shape index (κ1) is 17.4. The van der Waals surface area contributed by atoms with Gasteiger partial charge in [-0.05, 0) is 6.42 Å². The number of sulfonamides is 1. The van der Waals surface area contributed by atoms with Crippen LogP contribution in [0.15, 0.2) is 4.42 Å². The number of hydrogen-bond donors (Lipinski definition) is 0. The lowest BCUT2D eigenvalue weighted by molar-refractivity contribution is 0.167. The fourth-order valence-corrected chi connectivity index (χ4v) is 4.01. The largest absolute Gasteiger partial charge is 0.424 e. The predicted molar refractivity (Wildman–Crippen MR) is 83.9 cm³/mol. The van der Waals surface area contributed by atoms with E-state index in [9.17, 15) is 8.42 Å². The normalized spacial score (nSPS) is 18.2. The van der Waals surface area contributed by atoms with Gasteiger partial charge in [0.2, 0.25) is 21.8 Å². The molecule has 2 heterocycles. The molecule has 0 atom stereocenters. The van der Waals surface area contributed by atoms with Crippen LogP contribution < -0.4 is 0 Å². The summed E-state index contributed by atoms with van der Waals surface area (Å²) >= 11 is 0. The Labute approximate surface area is 132 Å². The fourth-order valence-electron chi connectivity index (χ4n) is 2.38. The highest BCUT2D eigenvalue weighted by atomic mass is 32.2. The highest BCUT2D eigenvalue weighted by Crippen LogP contribution is 2.15. The monoisotopic (exact) mass is 330 g/mol. The highest BCUT2D eigenvalue weighted by Gasteiger charge is 2.27. The van der Waals surface area contributed by atoms with Crippen molar-refractivity contribution in [3.63, 3.8) is 0 Å². The average Bonchev–Trinajstić information content (AvgIpc) is 2.94. The molecule has 1 aromatic heterocycles. The van der Waals surface area contributed by atoms with Crippen LogP contribution in [0.2, 0.25) is 0 Å². The van der Waals surface area contributed by atoms with Gasteiger partial charge in [-0.25, -0.2) is 8.42 Å². The first-order chi connectivity index (χ1) is 10.4. The summed E-state index contributed by atoms with van der Waals surface area (Å²) < 4.78 is 31.5.